The number of nitrogens with zero attached hydrogens (tertiary/aromatic N) is 1. The van der Waals surface area contributed by atoms with Gasteiger partial charge in [-0.1, -0.05) is 28.1 Å². The van der Waals surface area contributed by atoms with E-state index in [4.69, 9.17) is 0 Å². The van der Waals surface area contributed by atoms with Crippen LogP contribution in [-0.2, 0) is 16.8 Å². The molecule has 0 unspecified atom stereocenters. The Morgan fingerprint density at radius 2 is 2.13 bits per heavy atom. The zero-order valence-electron chi connectivity index (χ0n) is 8.59. The molecule has 1 saturated carbocycles. The molecular formula is C12H12BrNO. The highest BCUT2D eigenvalue weighted by atomic mass is 79.9. The summed E-state index contributed by atoms with van der Waals surface area (Å²) in [4.78, 5) is 14.0. The highest BCUT2D eigenvalue weighted by Gasteiger charge is 2.56. The number of fused-ring (bicyclic) bond motifs is 2. The molecule has 1 amide bonds. The first kappa shape index (κ1) is 9.40. The fourth-order valence-corrected chi connectivity index (χ4v) is 3.41. The van der Waals surface area contributed by atoms with Crippen molar-refractivity contribution in [3.8, 4) is 0 Å². The number of benzene rings is 1. The summed E-state index contributed by atoms with van der Waals surface area (Å²) < 4.78 is 1.10. The Morgan fingerprint density at radius 3 is 2.80 bits per heavy atom. The van der Waals surface area contributed by atoms with Crippen LogP contribution in [0.15, 0.2) is 22.7 Å². The van der Waals surface area contributed by atoms with Gasteiger partial charge < -0.3 is 4.90 Å². The fraction of sp³-hybridized carbons (Fsp3) is 0.417. The summed E-state index contributed by atoms with van der Waals surface area (Å²) in [7, 11) is 1.90. The van der Waals surface area contributed by atoms with E-state index < -0.39 is 0 Å². The Morgan fingerprint density at radius 1 is 1.40 bits per heavy atom. The Bertz CT molecular complexity index is 451. The maximum absolute atomic E-state index is 12.1. The maximum atomic E-state index is 12.1. The lowest BCUT2D eigenvalue weighted by molar-refractivity contribution is -0.134. The molecule has 78 valence electrons. The average Bonchev–Trinajstić information content (AvgIpc) is 2.96. The molecule has 2 nitrogen and oxygen atoms in total. The SMILES string of the molecule is CN1Cc2cccc(Br)c2C2(CC2)C1=O. The third kappa shape index (κ3) is 1.13. The monoisotopic (exact) mass is 265 g/mol. The van der Waals surface area contributed by atoms with Crippen LogP contribution < -0.4 is 0 Å². The Kier molecular flexibility index (Phi) is 1.78. The molecular weight excluding hydrogens is 254 g/mol. The zero-order chi connectivity index (χ0) is 10.6. The van der Waals surface area contributed by atoms with Crippen LogP contribution in [0.2, 0.25) is 0 Å². The summed E-state index contributed by atoms with van der Waals surface area (Å²) >= 11 is 3.57. The van der Waals surface area contributed by atoms with Crippen LogP contribution in [0.4, 0.5) is 0 Å². The molecule has 0 saturated heterocycles. The van der Waals surface area contributed by atoms with E-state index in [1.165, 1.54) is 11.1 Å². The minimum absolute atomic E-state index is 0.178. The second-order valence-corrected chi connectivity index (χ2v) is 5.37. The molecule has 1 aliphatic heterocycles. The Labute approximate surface area is 97.4 Å². The number of carbonyl (C=O) groups excluding carboxylic acids is 1. The van der Waals surface area contributed by atoms with Crippen molar-refractivity contribution in [1.29, 1.82) is 0 Å². The van der Waals surface area contributed by atoms with E-state index in [-0.39, 0.29) is 5.41 Å². The standard InChI is InChI=1S/C12H12BrNO/c1-14-7-8-3-2-4-9(13)10(8)12(5-6-12)11(14)15/h2-4H,5-7H2,1H3. The summed E-state index contributed by atoms with van der Waals surface area (Å²) in [5.41, 5.74) is 2.36. The van der Waals surface area contributed by atoms with Crippen molar-refractivity contribution < 1.29 is 4.79 Å². The first-order valence-electron chi connectivity index (χ1n) is 5.18. The predicted molar refractivity (Wildman–Crippen MR) is 61.5 cm³/mol. The van der Waals surface area contributed by atoms with Crippen LogP contribution in [-0.4, -0.2) is 17.9 Å². The predicted octanol–water partition coefficient (Wildman–Crippen LogP) is 2.45. The molecule has 1 spiro atoms. The second kappa shape index (κ2) is 2.85. The fourth-order valence-electron chi connectivity index (χ4n) is 2.62. The third-order valence-corrected chi connectivity index (χ3v) is 4.15. The number of halogens is 1. The van der Waals surface area contributed by atoms with E-state index in [9.17, 15) is 4.79 Å². The van der Waals surface area contributed by atoms with Crippen molar-refractivity contribution in [1.82, 2.24) is 4.90 Å². The van der Waals surface area contributed by atoms with Gasteiger partial charge in [0.25, 0.3) is 0 Å². The highest BCUT2D eigenvalue weighted by molar-refractivity contribution is 9.10. The van der Waals surface area contributed by atoms with E-state index in [0.717, 1.165) is 23.9 Å². The number of hydrogen-bond donors (Lipinski definition) is 0. The lowest BCUT2D eigenvalue weighted by Crippen LogP contribution is -2.41. The summed E-state index contributed by atoms with van der Waals surface area (Å²) in [6.07, 6.45) is 2.01. The zero-order valence-corrected chi connectivity index (χ0v) is 10.2. The van der Waals surface area contributed by atoms with Gasteiger partial charge in [-0.2, -0.15) is 0 Å². The largest absolute Gasteiger partial charge is 0.341 e. The number of amides is 1. The van der Waals surface area contributed by atoms with Crippen LogP contribution in [0, 0.1) is 0 Å². The smallest absolute Gasteiger partial charge is 0.233 e. The quantitative estimate of drug-likeness (QED) is 0.706. The van der Waals surface area contributed by atoms with Crippen LogP contribution in [0.3, 0.4) is 0 Å². The lowest BCUT2D eigenvalue weighted by atomic mass is 9.86. The lowest BCUT2D eigenvalue weighted by Gasteiger charge is -2.32. The highest BCUT2D eigenvalue weighted by Crippen LogP contribution is 2.54. The van der Waals surface area contributed by atoms with E-state index in [1.807, 2.05) is 24.1 Å². The van der Waals surface area contributed by atoms with Gasteiger partial charge in [0.1, 0.15) is 0 Å². The molecule has 0 N–H and O–H groups in total. The van der Waals surface area contributed by atoms with Crippen molar-refractivity contribution in [3.05, 3.63) is 33.8 Å². The van der Waals surface area contributed by atoms with Crippen LogP contribution in [0.1, 0.15) is 24.0 Å². The van der Waals surface area contributed by atoms with Crippen molar-refractivity contribution >= 4 is 21.8 Å². The van der Waals surface area contributed by atoms with Gasteiger partial charge in [0.05, 0.1) is 5.41 Å². The molecule has 1 heterocycles. The molecule has 0 aromatic heterocycles. The Balaban J connectivity index is 2.24. The summed E-state index contributed by atoms with van der Waals surface area (Å²) in [6.45, 7) is 0.745. The molecule has 1 aliphatic carbocycles. The molecule has 3 heteroatoms. The Hall–Kier alpha value is -0.830. The third-order valence-electron chi connectivity index (χ3n) is 3.49. The minimum Gasteiger partial charge on any atom is -0.341 e. The van der Waals surface area contributed by atoms with Crippen LogP contribution >= 0.6 is 15.9 Å². The summed E-state index contributed by atoms with van der Waals surface area (Å²) in [6, 6.07) is 6.21. The topological polar surface area (TPSA) is 20.3 Å². The molecule has 0 atom stereocenters. The second-order valence-electron chi connectivity index (χ2n) is 4.52. The minimum atomic E-state index is -0.178. The number of hydrogen-bond acceptors (Lipinski definition) is 1. The molecule has 1 aromatic carbocycles. The number of carbonyl (C=O) groups is 1. The maximum Gasteiger partial charge on any atom is 0.233 e. The first-order valence-corrected chi connectivity index (χ1v) is 5.98. The summed E-state index contributed by atoms with van der Waals surface area (Å²) in [5, 5.41) is 0. The van der Waals surface area contributed by atoms with Gasteiger partial charge in [-0.05, 0) is 30.0 Å². The van der Waals surface area contributed by atoms with Gasteiger partial charge in [0.2, 0.25) is 5.91 Å². The normalized spacial score (nSPS) is 21.7. The molecule has 1 aromatic rings. The van der Waals surface area contributed by atoms with E-state index in [0.29, 0.717) is 5.91 Å². The molecule has 0 radical (unpaired) electrons. The molecule has 2 aliphatic rings. The van der Waals surface area contributed by atoms with Gasteiger partial charge in [0.15, 0.2) is 0 Å². The van der Waals surface area contributed by atoms with Crippen molar-refractivity contribution in [3.63, 3.8) is 0 Å². The van der Waals surface area contributed by atoms with Gasteiger partial charge in [-0.3, -0.25) is 4.79 Å². The number of likely N-dealkylation sites (N-methyl/N-ethyl adjacent to an activating group) is 1. The van der Waals surface area contributed by atoms with Crippen molar-refractivity contribution in [2.75, 3.05) is 7.05 Å². The average molecular weight is 266 g/mol. The molecule has 3 rings (SSSR count). The van der Waals surface area contributed by atoms with Crippen LogP contribution in [0.5, 0.6) is 0 Å². The van der Waals surface area contributed by atoms with E-state index in [1.54, 1.807) is 0 Å². The summed E-state index contributed by atoms with van der Waals surface area (Å²) in [5.74, 6) is 0.293. The van der Waals surface area contributed by atoms with Gasteiger partial charge in [0, 0.05) is 18.1 Å². The van der Waals surface area contributed by atoms with E-state index >= 15 is 0 Å². The number of rotatable bonds is 0. The van der Waals surface area contributed by atoms with E-state index in [2.05, 4.69) is 22.0 Å². The first-order chi connectivity index (χ1) is 7.15. The van der Waals surface area contributed by atoms with Crippen molar-refractivity contribution in [2.24, 2.45) is 0 Å². The van der Waals surface area contributed by atoms with Gasteiger partial charge in [-0.25, -0.2) is 0 Å². The molecule has 15 heavy (non-hydrogen) atoms. The van der Waals surface area contributed by atoms with Gasteiger partial charge >= 0.3 is 0 Å². The van der Waals surface area contributed by atoms with Crippen LogP contribution in [0.25, 0.3) is 0 Å². The van der Waals surface area contributed by atoms with Gasteiger partial charge in [-0.15, -0.1) is 0 Å². The van der Waals surface area contributed by atoms with Crippen molar-refractivity contribution in [2.45, 2.75) is 24.8 Å². The molecule has 1 fully saturated rings. The molecule has 0 bridgehead atoms.